The molecule has 1 aromatic heterocycles. The van der Waals surface area contributed by atoms with E-state index in [0.29, 0.717) is 12.6 Å². The van der Waals surface area contributed by atoms with Crippen LogP contribution in [0.4, 0.5) is 0 Å². The standard InChI is InChI=1S/C21H30N4O/c1-17(2)25-14-7-6-10-19(25)21(26)23-12-11-20-22-13-15-24(20)16-18-8-4-3-5-9-18/h3-5,8-9,13,15,17,19H,6-7,10-12,14,16H2,1-2H3,(H,23,26). The van der Waals surface area contributed by atoms with E-state index in [0.717, 1.165) is 38.2 Å². The van der Waals surface area contributed by atoms with Crippen molar-refractivity contribution in [1.29, 1.82) is 0 Å². The number of likely N-dealkylation sites (tertiary alicyclic amines) is 1. The van der Waals surface area contributed by atoms with Crippen LogP contribution in [0.5, 0.6) is 0 Å². The van der Waals surface area contributed by atoms with Crippen molar-refractivity contribution in [2.24, 2.45) is 0 Å². The first-order chi connectivity index (χ1) is 12.6. The molecule has 5 nitrogen and oxygen atoms in total. The zero-order valence-corrected chi connectivity index (χ0v) is 15.9. The first-order valence-electron chi connectivity index (χ1n) is 9.72. The number of nitrogens with one attached hydrogen (secondary N) is 1. The van der Waals surface area contributed by atoms with Gasteiger partial charge in [0.05, 0.1) is 6.04 Å². The molecule has 1 N–H and O–H groups in total. The van der Waals surface area contributed by atoms with E-state index in [1.807, 2.05) is 18.5 Å². The third-order valence-electron chi connectivity index (χ3n) is 5.16. The molecule has 0 radical (unpaired) electrons. The lowest BCUT2D eigenvalue weighted by molar-refractivity contribution is -0.128. The summed E-state index contributed by atoms with van der Waals surface area (Å²) in [6, 6.07) is 10.8. The second-order valence-corrected chi connectivity index (χ2v) is 7.34. The monoisotopic (exact) mass is 354 g/mol. The first kappa shape index (κ1) is 18.6. The van der Waals surface area contributed by atoms with E-state index in [9.17, 15) is 4.79 Å². The number of aromatic nitrogens is 2. The van der Waals surface area contributed by atoms with Crippen LogP contribution >= 0.6 is 0 Å². The van der Waals surface area contributed by atoms with E-state index >= 15 is 0 Å². The van der Waals surface area contributed by atoms with Crippen LogP contribution in [0.25, 0.3) is 0 Å². The highest BCUT2D eigenvalue weighted by Crippen LogP contribution is 2.19. The fourth-order valence-electron chi connectivity index (χ4n) is 3.76. The van der Waals surface area contributed by atoms with Gasteiger partial charge in [0.2, 0.25) is 5.91 Å². The number of hydrogen-bond donors (Lipinski definition) is 1. The van der Waals surface area contributed by atoms with E-state index in [1.165, 1.54) is 12.0 Å². The summed E-state index contributed by atoms with van der Waals surface area (Å²) in [6.45, 7) is 6.82. The second-order valence-electron chi connectivity index (χ2n) is 7.34. The molecule has 2 aromatic rings. The molecule has 1 aliphatic heterocycles. The second kappa shape index (κ2) is 8.99. The van der Waals surface area contributed by atoms with E-state index < -0.39 is 0 Å². The lowest BCUT2D eigenvalue weighted by atomic mass is 9.99. The predicted molar refractivity (Wildman–Crippen MR) is 104 cm³/mol. The van der Waals surface area contributed by atoms with Gasteiger partial charge in [-0.3, -0.25) is 9.69 Å². The Morgan fingerprint density at radius 2 is 2.08 bits per heavy atom. The predicted octanol–water partition coefficient (Wildman–Crippen LogP) is 2.85. The topological polar surface area (TPSA) is 50.2 Å². The van der Waals surface area contributed by atoms with Crippen LogP contribution in [0.2, 0.25) is 0 Å². The molecule has 0 bridgehead atoms. The summed E-state index contributed by atoms with van der Waals surface area (Å²) in [7, 11) is 0. The molecule has 0 saturated carbocycles. The van der Waals surface area contributed by atoms with Gasteiger partial charge in [0, 0.05) is 37.9 Å². The average molecular weight is 354 g/mol. The van der Waals surface area contributed by atoms with Gasteiger partial charge in [-0.1, -0.05) is 36.8 Å². The highest BCUT2D eigenvalue weighted by molar-refractivity contribution is 5.81. The van der Waals surface area contributed by atoms with Gasteiger partial charge < -0.3 is 9.88 Å². The van der Waals surface area contributed by atoms with Crippen molar-refractivity contribution in [2.45, 2.75) is 58.2 Å². The molecule has 1 saturated heterocycles. The van der Waals surface area contributed by atoms with Crippen molar-refractivity contribution in [3.8, 4) is 0 Å². The fourth-order valence-corrected chi connectivity index (χ4v) is 3.76. The molecule has 140 valence electrons. The summed E-state index contributed by atoms with van der Waals surface area (Å²) in [5.74, 6) is 1.18. The Morgan fingerprint density at radius 3 is 2.85 bits per heavy atom. The molecule has 3 rings (SSSR count). The van der Waals surface area contributed by atoms with Crippen molar-refractivity contribution in [3.05, 3.63) is 54.1 Å². The number of piperidine rings is 1. The maximum Gasteiger partial charge on any atom is 0.237 e. The minimum absolute atomic E-state index is 0.0211. The number of rotatable bonds is 7. The third kappa shape index (κ3) is 4.73. The van der Waals surface area contributed by atoms with E-state index in [-0.39, 0.29) is 11.9 Å². The van der Waals surface area contributed by atoms with E-state index in [1.54, 1.807) is 0 Å². The van der Waals surface area contributed by atoms with E-state index in [4.69, 9.17) is 0 Å². The largest absolute Gasteiger partial charge is 0.354 e. The van der Waals surface area contributed by atoms with Crippen LogP contribution in [0.1, 0.15) is 44.5 Å². The summed E-state index contributed by atoms with van der Waals surface area (Å²) in [5, 5.41) is 3.13. The van der Waals surface area contributed by atoms with Gasteiger partial charge in [-0.15, -0.1) is 0 Å². The summed E-state index contributed by atoms with van der Waals surface area (Å²) in [6.07, 6.45) is 7.89. The van der Waals surface area contributed by atoms with Gasteiger partial charge in [-0.05, 0) is 38.8 Å². The normalized spacial score (nSPS) is 18.2. The van der Waals surface area contributed by atoms with Crippen molar-refractivity contribution < 1.29 is 4.79 Å². The summed E-state index contributed by atoms with van der Waals surface area (Å²) in [5.41, 5.74) is 1.26. The Hall–Kier alpha value is -2.14. The SMILES string of the molecule is CC(C)N1CCCCC1C(=O)NCCc1nccn1Cc1ccccc1. The van der Waals surface area contributed by atoms with Gasteiger partial charge in [-0.25, -0.2) is 4.98 Å². The number of amides is 1. The lowest BCUT2D eigenvalue weighted by Crippen LogP contribution is -2.52. The van der Waals surface area contributed by atoms with Gasteiger partial charge >= 0.3 is 0 Å². The summed E-state index contributed by atoms with van der Waals surface area (Å²) >= 11 is 0. The van der Waals surface area contributed by atoms with Gasteiger partial charge in [0.25, 0.3) is 0 Å². The Balaban J connectivity index is 1.52. The molecule has 1 aromatic carbocycles. The molecule has 26 heavy (non-hydrogen) atoms. The highest BCUT2D eigenvalue weighted by atomic mass is 16.2. The van der Waals surface area contributed by atoms with Crippen LogP contribution in [0, 0.1) is 0 Å². The van der Waals surface area contributed by atoms with Crippen molar-refractivity contribution >= 4 is 5.91 Å². The van der Waals surface area contributed by atoms with Crippen molar-refractivity contribution in [1.82, 2.24) is 19.8 Å². The molecule has 1 unspecified atom stereocenters. The summed E-state index contributed by atoms with van der Waals surface area (Å²) < 4.78 is 2.16. The molecular weight excluding hydrogens is 324 g/mol. The molecule has 1 fully saturated rings. The van der Waals surface area contributed by atoms with Crippen molar-refractivity contribution in [2.75, 3.05) is 13.1 Å². The number of nitrogens with zero attached hydrogens (tertiary/aromatic N) is 3. The van der Waals surface area contributed by atoms with Crippen LogP contribution in [-0.2, 0) is 17.8 Å². The molecule has 0 aliphatic carbocycles. The van der Waals surface area contributed by atoms with E-state index in [2.05, 4.69) is 57.9 Å². The number of hydrogen-bond acceptors (Lipinski definition) is 3. The molecule has 1 amide bonds. The molecule has 5 heteroatoms. The number of benzene rings is 1. The van der Waals surface area contributed by atoms with Gasteiger partial charge in [-0.2, -0.15) is 0 Å². The smallest absolute Gasteiger partial charge is 0.237 e. The van der Waals surface area contributed by atoms with Gasteiger partial charge in [0.15, 0.2) is 0 Å². The number of carbonyl (C=O) groups excluding carboxylic acids is 1. The van der Waals surface area contributed by atoms with Crippen LogP contribution < -0.4 is 5.32 Å². The first-order valence-corrected chi connectivity index (χ1v) is 9.72. The highest BCUT2D eigenvalue weighted by Gasteiger charge is 2.29. The van der Waals surface area contributed by atoms with Gasteiger partial charge in [0.1, 0.15) is 5.82 Å². The lowest BCUT2D eigenvalue weighted by Gasteiger charge is -2.37. The maximum atomic E-state index is 12.6. The van der Waals surface area contributed by atoms with Crippen LogP contribution in [0.3, 0.4) is 0 Å². The Bertz CT molecular complexity index is 695. The average Bonchev–Trinajstić information content (AvgIpc) is 3.09. The molecule has 2 heterocycles. The molecule has 0 spiro atoms. The fraction of sp³-hybridized carbons (Fsp3) is 0.524. The molecule has 1 aliphatic rings. The molecular formula is C21H30N4O. The maximum absolute atomic E-state index is 12.6. The van der Waals surface area contributed by atoms with Crippen molar-refractivity contribution in [3.63, 3.8) is 0 Å². The molecule has 1 atom stereocenters. The minimum Gasteiger partial charge on any atom is -0.354 e. The number of carbonyl (C=O) groups is 1. The number of imidazole rings is 1. The zero-order chi connectivity index (χ0) is 18.4. The Labute approximate surface area is 156 Å². The van der Waals surface area contributed by atoms with Crippen LogP contribution in [-0.4, -0.2) is 45.5 Å². The Morgan fingerprint density at radius 1 is 1.27 bits per heavy atom. The zero-order valence-electron chi connectivity index (χ0n) is 15.9. The minimum atomic E-state index is 0.0211. The third-order valence-corrected chi connectivity index (χ3v) is 5.16. The van der Waals surface area contributed by atoms with Crippen LogP contribution in [0.15, 0.2) is 42.7 Å². The summed E-state index contributed by atoms with van der Waals surface area (Å²) in [4.78, 5) is 19.4. The quantitative estimate of drug-likeness (QED) is 0.832. The Kier molecular flexibility index (Phi) is 6.45.